The van der Waals surface area contributed by atoms with Crippen LogP contribution in [0.15, 0.2) is 4.60 Å². The number of hydrogen-bond acceptors (Lipinski definition) is 2. The number of aryl methyl sites for hydroxylation is 2. The van der Waals surface area contributed by atoms with Crippen LogP contribution in [0.25, 0.3) is 0 Å². The highest BCUT2D eigenvalue weighted by molar-refractivity contribution is 9.10. The van der Waals surface area contributed by atoms with Gasteiger partial charge in [-0.25, -0.2) is 4.98 Å². The normalized spacial score (nSPS) is 10.1. The summed E-state index contributed by atoms with van der Waals surface area (Å²) in [5, 5.41) is 8.55. The molecule has 1 rings (SSSR count). The summed E-state index contributed by atoms with van der Waals surface area (Å²) >= 11 is 3.49. The summed E-state index contributed by atoms with van der Waals surface area (Å²) in [6.07, 6.45) is 2.58. The Balaban J connectivity index is 2.92. The third-order valence-electron chi connectivity index (χ3n) is 2.06. The standard InChI is InChI=1S/C10H14BrN3/c1-3-5-9-13-8(2)10(11)14(9)7-4-6-12/h3-5,7H2,1-2H3. The predicted molar refractivity (Wildman–Crippen MR) is 58.9 cm³/mol. The fraction of sp³-hybridized carbons (Fsp3) is 0.600. The summed E-state index contributed by atoms with van der Waals surface area (Å²) in [5.41, 5.74) is 1.01. The Labute approximate surface area is 92.9 Å². The van der Waals surface area contributed by atoms with Crippen LogP contribution in [0.4, 0.5) is 0 Å². The average Bonchev–Trinajstić information content (AvgIpc) is 2.42. The van der Waals surface area contributed by atoms with E-state index in [-0.39, 0.29) is 0 Å². The van der Waals surface area contributed by atoms with Crippen molar-refractivity contribution in [2.45, 2.75) is 39.7 Å². The lowest BCUT2D eigenvalue weighted by Gasteiger charge is -2.05. The molecule has 0 aliphatic rings. The van der Waals surface area contributed by atoms with Gasteiger partial charge < -0.3 is 4.57 Å². The van der Waals surface area contributed by atoms with Gasteiger partial charge in [-0.05, 0) is 29.3 Å². The van der Waals surface area contributed by atoms with E-state index in [2.05, 4.69) is 38.5 Å². The lowest BCUT2D eigenvalue weighted by molar-refractivity contribution is 0.644. The van der Waals surface area contributed by atoms with Crippen LogP contribution >= 0.6 is 15.9 Å². The molecule has 14 heavy (non-hydrogen) atoms. The molecule has 0 saturated carbocycles. The number of halogens is 1. The van der Waals surface area contributed by atoms with Crippen molar-refractivity contribution in [3.8, 4) is 6.07 Å². The topological polar surface area (TPSA) is 41.6 Å². The van der Waals surface area contributed by atoms with Gasteiger partial charge in [0.05, 0.1) is 18.2 Å². The van der Waals surface area contributed by atoms with Gasteiger partial charge in [0.1, 0.15) is 10.4 Å². The number of aromatic nitrogens is 2. The smallest absolute Gasteiger partial charge is 0.109 e. The second kappa shape index (κ2) is 5.16. The van der Waals surface area contributed by atoms with Crippen LogP contribution in [0.5, 0.6) is 0 Å². The maximum absolute atomic E-state index is 8.55. The zero-order valence-electron chi connectivity index (χ0n) is 8.55. The molecule has 3 nitrogen and oxygen atoms in total. The number of hydrogen-bond donors (Lipinski definition) is 0. The molecule has 0 fully saturated rings. The van der Waals surface area contributed by atoms with Crippen molar-refractivity contribution >= 4 is 15.9 Å². The Morgan fingerprint density at radius 2 is 2.29 bits per heavy atom. The Morgan fingerprint density at radius 3 is 2.86 bits per heavy atom. The second-order valence-corrected chi connectivity index (χ2v) is 3.97. The quantitative estimate of drug-likeness (QED) is 0.831. The van der Waals surface area contributed by atoms with Gasteiger partial charge in [-0.2, -0.15) is 5.26 Å². The summed E-state index contributed by atoms with van der Waals surface area (Å²) in [5.74, 6) is 1.08. The molecule has 76 valence electrons. The van der Waals surface area contributed by atoms with Gasteiger partial charge >= 0.3 is 0 Å². The van der Waals surface area contributed by atoms with E-state index in [9.17, 15) is 0 Å². The molecule has 0 unspecified atom stereocenters. The molecule has 0 radical (unpaired) electrons. The van der Waals surface area contributed by atoms with Gasteiger partial charge in [-0.1, -0.05) is 6.92 Å². The fourth-order valence-corrected chi connectivity index (χ4v) is 1.88. The molecular formula is C10H14BrN3. The first-order valence-electron chi connectivity index (χ1n) is 4.79. The minimum Gasteiger partial charge on any atom is -0.322 e. The first kappa shape index (κ1) is 11.3. The predicted octanol–water partition coefficient (Wildman–Crippen LogP) is 2.82. The van der Waals surface area contributed by atoms with E-state index in [1.165, 1.54) is 0 Å². The molecule has 0 saturated heterocycles. The molecule has 0 bridgehead atoms. The number of nitrogens with zero attached hydrogens (tertiary/aromatic N) is 3. The minimum absolute atomic E-state index is 0.533. The molecule has 0 amide bonds. The zero-order chi connectivity index (χ0) is 10.6. The van der Waals surface area contributed by atoms with Crippen molar-refractivity contribution in [1.82, 2.24) is 9.55 Å². The van der Waals surface area contributed by atoms with E-state index in [1.807, 2.05) is 6.92 Å². The SMILES string of the molecule is CCCc1nc(C)c(Br)n1CCC#N. The lowest BCUT2D eigenvalue weighted by Crippen LogP contribution is -2.03. The van der Waals surface area contributed by atoms with Gasteiger partial charge in [0.2, 0.25) is 0 Å². The summed E-state index contributed by atoms with van der Waals surface area (Å²) in [7, 11) is 0. The van der Waals surface area contributed by atoms with E-state index in [0.29, 0.717) is 6.42 Å². The minimum atomic E-state index is 0.533. The van der Waals surface area contributed by atoms with Crippen LogP contribution in [0.3, 0.4) is 0 Å². The monoisotopic (exact) mass is 255 g/mol. The molecule has 1 aromatic heterocycles. The Morgan fingerprint density at radius 1 is 1.57 bits per heavy atom. The third-order valence-corrected chi connectivity index (χ3v) is 3.07. The summed E-state index contributed by atoms with van der Waals surface area (Å²) in [6.45, 7) is 4.84. The fourth-order valence-electron chi connectivity index (χ4n) is 1.41. The molecule has 4 heteroatoms. The van der Waals surface area contributed by atoms with Crippen LogP contribution in [-0.2, 0) is 13.0 Å². The van der Waals surface area contributed by atoms with Gasteiger partial charge in [-0.15, -0.1) is 0 Å². The second-order valence-electron chi connectivity index (χ2n) is 3.21. The molecule has 1 heterocycles. The van der Waals surface area contributed by atoms with Crippen molar-refractivity contribution in [2.24, 2.45) is 0 Å². The number of imidazole rings is 1. The number of nitriles is 1. The van der Waals surface area contributed by atoms with Gasteiger partial charge in [0, 0.05) is 13.0 Å². The van der Waals surface area contributed by atoms with Gasteiger partial charge in [-0.3, -0.25) is 0 Å². The third kappa shape index (κ3) is 2.36. The maximum atomic E-state index is 8.55. The van der Waals surface area contributed by atoms with Crippen molar-refractivity contribution in [3.63, 3.8) is 0 Å². The highest BCUT2D eigenvalue weighted by Crippen LogP contribution is 2.19. The Bertz CT molecular complexity index is 349. The zero-order valence-corrected chi connectivity index (χ0v) is 10.1. The first-order chi connectivity index (χ1) is 6.70. The van der Waals surface area contributed by atoms with E-state index < -0.39 is 0 Å². The Hall–Kier alpha value is -0.820. The maximum Gasteiger partial charge on any atom is 0.109 e. The summed E-state index contributed by atoms with van der Waals surface area (Å²) in [4.78, 5) is 4.46. The van der Waals surface area contributed by atoms with Crippen LogP contribution in [0.1, 0.15) is 31.3 Å². The largest absolute Gasteiger partial charge is 0.322 e. The molecule has 0 atom stereocenters. The van der Waals surface area contributed by atoms with Crippen molar-refractivity contribution in [1.29, 1.82) is 5.26 Å². The van der Waals surface area contributed by atoms with Crippen LogP contribution in [-0.4, -0.2) is 9.55 Å². The highest BCUT2D eigenvalue weighted by Gasteiger charge is 2.10. The molecule has 0 spiro atoms. The highest BCUT2D eigenvalue weighted by atomic mass is 79.9. The van der Waals surface area contributed by atoms with Crippen LogP contribution < -0.4 is 0 Å². The van der Waals surface area contributed by atoms with Crippen molar-refractivity contribution in [3.05, 3.63) is 16.1 Å². The van der Waals surface area contributed by atoms with E-state index in [4.69, 9.17) is 5.26 Å². The van der Waals surface area contributed by atoms with Crippen LogP contribution in [0, 0.1) is 18.3 Å². The lowest BCUT2D eigenvalue weighted by atomic mass is 10.3. The van der Waals surface area contributed by atoms with Crippen LogP contribution in [0.2, 0.25) is 0 Å². The van der Waals surface area contributed by atoms with E-state index in [0.717, 1.165) is 35.5 Å². The first-order valence-corrected chi connectivity index (χ1v) is 5.58. The summed E-state index contributed by atoms with van der Waals surface area (Å²) in [6, 6.07) is 2.15. The molecule has 0 aliphatic heterocycles. The van der Waals surface area contributed by atoms with E-state index in [1.54, 1.807) is 0 Å². The van der Waals surface area contributed by atoms with Gasteiger partial charge in [0.25, 0.3) is 0 Å². The van der Waals surface area contributed by atoms with Crippen molar-refractivity contribution in [2.75, 3.05) is 0 Å². The van der Waals surface area contributed by atoms with Gasteiger partial charge in [0.15, 0.2) is 0 Å². The molecule has 0 N–H and O–H groups in total. The number of rotatable bonds is 4. The average molecular weight is 256 g/mol. The molecule has 0 aromatic carbocycles. The molecule has 1 aromatic rings. The van der Waals surface area contributed by atoms with Crippen molar-refractivity contribution < 1.29 is 0 Å². The summed E-state index contributed by atoms with van der Waals surface area (Å²) < 4.78 is 3.10. The molecule has 0 aliphatic carbocycles. The Kier molecular flexibility index (Phi) is 4.15. The van der Waals surface area contributed by atoms with E-state index >= 15 is 0 Å². The molecular weight excluding hydrogens is 242 g/mol.